The predicted octanol–water partition coefficient (Wildman–Crippen LogP) is 3.59. The van der Waals surface area contributed by atoms with E-state index in [0.29, 0.717) is 0 Å². The second-order valence-corrected chi connectivity index (χ2v) is 5.45. The van der Waals surface area contributed by atoms with Gasteiger partial charge in [-0.3, -0.25) is 0 Å². The number of anilines is 1. The van der Waals surface area contributed by atoms with Crippen LogP contribution in [0.25, 0.3) is 0 Å². The molecule has 0 saturated heterocycles. The van der Waals surface area contributed by atoms with E-state index in [1.54, 1.807) is 0 Å². The number of nitrogen functional groups attached to an aromatic ring is 1. The molecule has 2 rings (SSSR count). The Bertz CT molecular complexity index is 585. The molecule has 18 heavy (non-hydrogen) atoms. The Labute approximate surface area is 116 Å². The van der Waals surface area contributed by atoms with Gasteiger partial charge in [0.1, 0.15) is 12.4 Å². The maximum Gasteiger partial charge on any atom is 0.340 e. The fourth-order valence-electron chi connectivity index (χ4n) is 1.35. The van der Waals surface area contributed by atoms with Crippen molar-refractivity contribution in [2.75, 3.05) is 5.73 Å². The van der Waals surface area contributed by atoms with Crippen molar-refractivity contribution in [1.82, 2.24) is 0 Å². The average molecular weight is 330 g/mol. The van der Waals surface area contributed by atoms with Crippen LogP contribution in [-0.2, 0) is 11.3 Å². The van der Waals surface area contributed by atoms with Gasteiger partial charge in [0.05, 0.1) is 5.56 Å². The summed E-state index contributed by atoms with van der Waals surface area (Å²) in [5.41, 5.74) is 5.84. The minimum absolute atomic E-state index is 0.0469. The van der Waals surface area contributed by atoms with Crippen LogP contribution in [0.1, 0.15) is 15.2 Å². The van der Waals surface area contributed by atoms with Crippen LogP contribution < -0.4 is 5.73 Å². The van der Waals surface area contributed by atoms with Gasteiger partial charge in [0.2, 0.25) is 0 Å². The number of esters is 1. The largest absolute Gasteiger partial charge is 0.456 e. The van der Waals surface area contributed by atoms with Crippen LogP contribution in [0.15, 0.2) is 34.1 Å². The van der Waals surface area contributed by atoms with E-state index in [9.17, 15) is 9.18 Å². The van der Waals surface area contributed by atoms with Crippen molar-refractivity contribution in [3.05, 3.63) is 50.4 Å². The molecule has 0 aliphatic rings. The molecule has 0 amide bonds. The molecule has 1 heterocycles. The lowest BCUT2D eigenvalue weighted by Crippen LogP contribution is -2.08. The number of carbonyl (C=O) groups excluding carboxylic acids is 1. The molecule has 1 aromatic heterocycles. The van der Waals surface area contributed by atoms with Crippen molar-refractivity contribution < 1.29 is 13.9 Å². The van der Waals surface area contributed by atoms with Gasteiger partial charge in [-0.1, -0.05) is 0 Å². The van der Waals surface area contributed by atoms with Gasteiger partial charge in [-0.2, -0.15) is 0 Å². The highest BCUT2D eigenvalue weighted by atomic mass is 79.9. The van der Waals surface area contributed by atoms with E-state index in [4.69, 9.17) is 10.5 Å². The lowest BCUT2D eigenvalue weighted by molar-refractivity contribution is 0.0477. The van der Waals surface area contributed by atoms with Crippen molar-refractivity contribution >= 4 is 38.9 Å². The van der Waals surface area contributed by atoms with Crippen molar-refractivity contribution in [2.45, 2.75) is 6.61 Å². The quantitative estimate of drug-likeness (QED) is 0.691. The van der Waals surface area contributed by atoms with Crippen molar-refractivity contribution in [3.8, 4) is 0 Å². The van der Waals surface area contributed by atoms with E-state index in [1.807, 2.05) is 11.4 Å². The zero-order valence-corrected chi connectivity index (χ0v) is 11.6. The summed E-state index contributed by atoms with van der Waals surface area (Å²) in [6, 6.07) is 5.46. The van der Waals surface area contributed by atoms with Crippen LogP contribution in [0.4, 0.5) is 10.1 Å². The Morgan fingerprint density at radius 1 is 1.44 bits per heavy atom. The minimum Gasteiger partial charge on any atom is -0.456 e. The van der Waals surface area contributed by atoms with Gasteiger partial charge in [0.25, 0.3) is 0 Å². The Kier molecular flexibility index (Phi) is 3.98. The highest BCUT2D eigenvalue weighted by Gasteiger charge is 2.12. The molecular weight excluding hydrogens is 321 g/mol. The summed E-state index contributed by atoms with van der Waals surface area (Å²) < 4.78 is 19.0. The van der Waals surface area contributed by atoms with E-state index in [-0.39, 0.29) is 17.9 Å². The van der Waals surface area contributed by atoms with E-state index in [1.165, 1.54) is 23.5 Å². The van der Waals surface area contributed by atoms with Gasteiger partial charge >= 0.3 is 5.97 Å². The molecule has 0 bridgehead atoms. The van der Waals surface area contributed by atoms with Crippen LogP contribution in [0.3, 0.4) is 0 Å². The standard InChI is InChI=1S/C12H9BrFNO2S/c13-7-3-9(18-6-7)5-17-12(16)10-4-8(14)1-2-11(10)15/h1-4,6H,5,15H2. The maximum absolute atomic E-state index is 13.0. The lowest BCUT2D eigenvalue weighted by Gasteiger charge is -2.05. The summed E-state index contributed by atoms with van der Waals surface area (Å²) in [7, 11) is 0. The first kappa shape index (κ1) is 13.0. The van der Waals surface area contributed by atoms with Crippen molar-refractivity contribution in [3.63, 3.8) is 0 Å². The number of rotatable bonds is 3. The highest BCUT2D eigenvalue weighted by molar-refractivity contribution is 9.10. The van der Waals surface area contributed by atoms with Gasteiger partial charge in [-0.15, -0.1) is 11.3 Å². The molecule has 1 aromatic carbocycles. The normalized spacial score (nSPS) is 10.3. The van der Waals surface area contributed by atoms with Gasteiger partial charge in [-0.25, -0.2) is 9.18 Å². The Hall–Kier alpha value is -1.40. The second-order valence-electron chi connectivity index (χ2n) is 3.54. The molecule has 2 N–H and O–H groups in total. The Morgan fingerprint density at radius 3 is 2.89 bits per heavy atom. The molecule has 0 saturated carbocycles. The number of hydrogen-bond donors (Lipinski definition) is 1. The van der Waals surface area contributed by atoms with Crippen LogP contribution in [-0.4, -0.2) is 5.97 Å². The molecule has 0 atom stereocenters. The summed E-state index contributed by atoms with van der Waals surface area (Å²) >= 11 is 4.77. The topological polar surface area (TPSA) is 52.3 Å². The van der Waals surface area contributed by atoms with E-state index in [2.05, 4.69) is 15.9 Å². The lowest BCUT2D eigenvalue weighted by atomic mass is 10.2. The fourth-order valence-corrected chi connectivity index (χ4v) is 2.71. The first-order chi connectivity index (χ1) is 8.56. The molecule has 0 aliphatic carbocycles. The number of carbonyl (C=O) groups is 1. The first-order valence-electron chi connectivity index (χ1n) is 5.01. The summed E-state index contributed by atoms with van der Waals surface area (Å²) in [6.45, 7) is 0.144. The number of halogens is 2. The second kappa shape index (κ2) is 5.49. The van der Waals surface area contributed by atoms with Gasteiger partial charge in [0, 0.05) is 20.4 Å². The molecule has 2 aromatic rings. The number of ether oxygens (including phenoxy) is 1. The smallest absolute Gasteiger partial charge is 0.340 e. The summed E-state index contributed by atoms with van der Waals surface area (Å²) in [4.78, 5) is 12.6. The van der Waals surface area contributed by atoms with Crippen LogP contribution >= 0.6 is 27.3 Å². The van der Waals surface area contributed by atoms with E-state index < -0.39 is 11.8 Å². The highest BCUT2D eigenvalue weighted by Crippen LogP contribution is 2.21. The zero-order valence-electron chi connectivity index (χ0n) is 9.15. The average Bonchev–Trinajstić information content (AvgIpc) is 2.75. The minimum atomic E-state index is -0.628. The van der Waals surface area contributed by atoms with Gasteiger partial charge in [-0.05, 0) is 40.2 Å². The molecule has 0 spiro atoms. The van der Waals surface area contributed by atoms with Crippen LogP contribution in [0.5, 0.6) is 0 Å². The van der Waals surface area contributed by atoms with Crippen LogP contribution in [0, 0.1) is 5.82 Å². The molecule has 3 nitrogen and oxygen atoms in total. The summed E-state index contributed by atoms with van der Waals surface area (Å²) in [6.07, 6.45) is 0. The number of thiophene rings is 1. The number of benzene rings is 1. The fraction of sp³-hybridized carbons (Fsp3) is 0.0833. The third-order valence-corrected chi connectivity index (χ3v) is 3.87. The van der Waals surface area contributed by atoms with E-state index >= 15 is 0 Å². The van der Waals surface area contributed by atoms with Crippen molar-refractivity contribution in [2.24, 2.45) is 0 Å². The predicted molar refractivity (Wildman–Crippen MR) is 72.0 cm³/mol. The zero-order chi connectivity index (χ0) is 13.1. The molecule has 0 unspecified atom stereocenters. The number of nitrogens with two attached hydrogens (primary N) is 1. The molecule has 0 fully saturated rings. The van der Waals surface area contributed by atoms with Crippen LogP contribution in [0.2, 0.25) is 0 Å². The first-order valence-corrected chi connectivity index (χ1v) is 6.68. The third-order valence-electron chi connectivity index (χ3n) is 2.20. The molecule has 6 heteroatoms. The van der Waals surface area contributed by atoms with E-state index in [0.717, 1.165) is 15.4 Å². The maximum atomic E-state index is 13.0. The monoisotopic (exact) mass is 329 g/mol. The molecular formula is C12H9BrFNO2S. The SMILES string of the molecule is Nc1ccc(F)cc1C(=O)OCc1cc(Br)cs1. The Balaban J connectivity index is 2.05. The summed E-state index contributed by atoms with van der Waals surface area (Å²) in [5.74, 6) is -1.15. The third kappa shape index (κ3) is 3.08. The molecule has 94 valence electrons. The Morgan fingerprint density at radius 2 is 2.22 bits per heavy atom. The van der Waals surface area contributed by atoms with Gasteiger partial charge < -0.3 is 10.5 Å². The summed E-state index contributed by atoms with van der Waals surface area (Å²) in [5, 5.41) is 1.89. The van der Waals surface area contributed by atoms with Crippen molar-refractivity contribution in [1.29, 1.82) is 0 Å². The van der Waals surface area contributed by atoms with Gasteiger partial charge in [0.15, 0.2) is 0 Å². The molecule has 0 aliphatic heterocycles. The number of hydrogen-bond acceptors (Lipinski definition) is 4. The molecule has 0 radical (unpaired) electrons.